The van der Waals surface area contributed by atoms with E-state index in [4.69, 9.17) is 20.3 Å². The SMILES string of the molecule is NCC(C(=O)O)c1cc2c(cc1F)OCCCO2. The van der Waals surface area contributed by atoms with Crippen molar-refractivity contribution >= 4 is 5.97 Å². The fourth-order valence-corrected chi connectivity index (χ4v) is 1.83. The Labute approximate surface area is 103 Å². The number of carboxylic acid groups (broad SMARTS) is 1. The Morgan fingerprint density at radius 2 is 2.00 bits per heavy atom. The van der Waals surface area contributed by atoms with Gasteiger partial charge in [-0.05, 0) is 6.07 Å². The predicted molar refractivity (Wildman–Crippen MR) is 61.4 cm³/mol. The van der Waals surface area contributed by atoms with Crippen LogP contribution in [0.25, 0.3) is 0 Å². The zero-order valence-electron chi connectivity index (χ0n) is 9.69. The van der Waals surface area contributed by atoms with Gasteiger partial charge in [-0.25, -0.2) is 4.39 Å². The molecule has 1 unspecified atom stereocenters. The van der Waals surface area contributed by atoms with Crippen molar-refractivity contribution in [1.82, 2.24) is 0 Å². The van der Waals surface area contributed by atoms with Gasteiger partial charge in [0.25, 0.3) is 0 Å². The molecule has 0 saturated carbocycles. The summed E-state index contributed by atoms with van der Waals surface area (Å²) in [5, 5.41) is 8.99. The lowest BCUT2D eigenvalue weighted by Crippen LogP contribution is -2.22. The van der Waals surface area contributed by atoms with Crippen LogP contribution in [-0.2, 0) is 4.79 Å². The van der Waals surface area contributed by atoms with Crippen molar-refractivity contribution in [3.63, 3.8) is 0 Å². The molecule has 5 nitrogen and oxygen atoms in total. The molecule has 3 N–H and O–H groups in total. The molecule has 1 atom stereocenters. The molecule has 18 heavy (non-hydrogen) atoms. The maximum atomic E-state index is 13.9. The molecular weight excluding hydrogens is 241 g/mol. The Kier molecular flexibility index (Phi) is 3.66. The molecule has 0 saturated heterocycles. The van der Waals surface area contributed by atoms with Crippen LogP contribution in [-0.4, -0.2) is 30.8 Å². The number of rotatable bonds is 3. The van der Waals surface area contributed by atoms with E-state index in [0.29, 0.717) is 31.1 Å². The first-order valence-corrected chi connectivity index (χ1v) is 5.65. The van der Waals surface area contributed by atoms with Crippen LogP contribution in [0.1, 0.15) is 17.9 Å². The van der Waals surface area contributed by atoms with E-state index in [1.807, 2.05) is 0 Å². The van der Waals surface area contributed by atoms with E-state index in [-0.39, 0.29) is 12.1 Å². The van der Waals surface area contributed by atoms with Gasteiger partial charge in [-0.15, -0.1) is 0 Å². The summed E-state index contributed by atoms with van der Waals surface area (Å²) in [6.45, 7) is 0.732. The van der Waals surface area contributed by atoms with Crippen LogP contribution in [0.3, 0.4) is 0 Å². The van der Waals surface area contributed by atoms with Crippen LogP contribution in [0.5, 0.6) is 11.5 Å². The average Bonchev–Trinajstić information content (AvgIpc) is 2.54. The first kappa shape index (κ1) is 12.6. The Balaban J connectivity index is 2.43. The van der Waals surface area contributed by atoms with Crippen molar-refractivity contribution in [2.45, 2.75) is 12.3 Å². The van der Waals surface area contributed by atoms with Crippen LogP contribution >= 0.6 is 0 Å². The van der Waals surface area contributed by atoms with Crippen LogP contribution in [0, 0.1) is 5.82 Å². The zero-order valence-corrected chi connectivity index (χ0v) is 9.69. The first-order valence-electron chi connectivity index (χ1n) is 5.65. The van der Waals surface area contributed by atoms with Crippen LogP contribution in [0.15, 0.2) is 12.1 Å². The molecular formula is C12H14FNO4. The van der Waals surface area contributed by atoms with E-state index in [2.05, 4.69) is 0 Å². The lowest BCUT2D eigenvalue weighted by Gasteiger charge is -2.14. The lowest BCUT2D eigenvalue weighted by molar-refractivity contribution is -0.138. The van der Waals surface area contributed by atoms with Gasteiger partial charge in [0.1, 0.15) is 5.82 Å². The van der Waals surface area contributed by atoms with Crippen molar-refractivity contribution in [3.8, 4) is 11.5 Å². The molecule has 1 aromatic rings. The third-order valence-corrected chi connectivity index (χ3v) is 2.78. The molecule has 0 bridgehead atoms. The number of benzene rings is 1. The lowest BCUT2D eigenvalue weighted by atomic mass is 9.98. The van der Waals surface area contributed by atoms with Crippen LogP contribution in [0.4, 0.5) is 4.39 Å². The zero-order chi connectivity index (χ0) is 13.1. The Hall–Kier alpha value is -1.82. The van der Waals surface area contributed by atoms with E-state index in [0.717, 1.165) is 6.07 Å². The minimum atomic E-state index is -1.16. The largest absolute Gasteiger partial charge is 0.490 e. The van der Waals surface area contributed by atoms with Gasteiger partial charge in [0.05, 0.1) is 19.1 Å². The predicted octanol–water partition coefficient (Wildman–Crippen LogP) is 1.11. The molecule has 0 spiro atoms. The van der Waals surface area contributed by atoms with Crippen molar-refractivity contribution in [3.05, 3.63) is 23.5 Å². The summed E-state index contributed by atoms with van der Waals surface area (Å²) in [5.41, 5.74) is 5.38. The summed E-state index contributed by atoms with van der Waals surface area (Å²) in [5.74, 6) is -2.22. The van der Waals surface area contributed by atoms with Gasteiger partial charge in [-0.3, -0.25) is 4.79 Å². The molecule has 1 aliphatic rings. The van der Waals surface area contributed by atoms with Gasteiger partial charge >= 0.3 is 5.97 Å². The summed E-state index contributed by atoms with van der Waals surface area (Å²) in [4.78, 5) is 11.0. The molecule has 2 rings (SSSR count). The van der Waals surface area contributed by atoms with E-state index in [1.54, 1.807) is 0 Å². The number of halogens is 1. The van der Waals surface area contributed by atoms with Gasteiger partial charge in [0.15, 0.2) is 11.5 Å². The molecule has 0 aromatic heterocycles. The molecule has 1 aliphatic heterocycles. The quantitative estimate of drug-likeness (QED) is 0.845. The molecule has 1 aromatic carbocycles. The Morgan fingerprint density at radius 3 is 2.56 bits per heavy atom. The average molecular weight is 255 g/mol. The van der Waals surface area contributed by atoms with E-state index < -0.39 is 17.7 Å². The van der Waals surface area contributed by atoms with Crippen molar-refractivity contribution in [2.75, 3.05) is 19.8 Å². The first-order chi connectivity index (χ1) is 8.63. The fourth-order valence-electron chi connectivity index (χ4n) is 1.83. The van der Waals surface area contributed by atoms with Crippen molar-refractivity contribution in [2.24, 2.45) is 5.73 Å². The number of hydrogen-bond acceptors (Lipinski definition) is 4. The van der Waals surface area contributed by atoms with E-state index >= 15 is 0 Å². The highest BCUT2D eigenvalue weighted by Crippen LogP contribution is 2.34. The summed E-state index contributed by atoms with van der Waals surface area (Å²) < 4.78 is 24.6. The van der Waals surface area contributed by atoms with E-state index in [1.165, 1.54) is 6.07 Å². The minimum Gasteiger partial charge on any atom is -0.490 e. The topological polar surface area (TPSA) is 81.8 Å². The molecule has 0 fully saturated rings. The van der Waals surface area contributed by atoms with E-state index in [9.17, 15) is 9.18 Å². The molecule has 1 heterocycles. The monoisotopic (exact) mass is 255 g/mol. The number of hydrogen-bond donors (Lipinski definition) is 2. The number of ether oxygens (including phenoxy) is 2. The smallest absolute Gasteiger partial charge is 0.312 e. The number of nitrogens with two attached hydrogens (primary N) is 1. The standard InChI is InChI=1S/C12H14FNO4/c13-9-5-11-10(17-2-1-3-18-11)4-7(9)8(6-14)12(15)16/h4-5,8H,1-3,6,14H2,(H,15,16). The van der Waals surface area contributed by atoms with Crippen molar-refractivity contribution < 1.29 is 23.8 Å². The Bertz CT molecular complexity index is 464. The molecule has 98 valence electrons. The molecule has 0 radical (unpaired) electrons. The second-order valence-corrected chi connectivity index (χ2v) is 4.00. The summed E-state index contributed by atoms with van der Waals surface area (Å²) in [6, 6.07) is 2.52. The summed E-state index contributed by atoms with van der Waals surface area (Å²) in [6.07, 6.45) is 0.699. The second-order valence-electron chi connectivity index (χ2n) is 4.00. The fraction of sp³-hybridized carbons (Fsp3) is 0.417. The van der Waals surface area contributed by atoms with Gasteiger partial charge in [-0.1, -0.05) is 0 Å². The number of aliphatic carboxylic acids is 1. The normalized spacial score (nSPS) is 15.9. The number of fused-ring (bicyclic) bond motifs is 1. The summed E-state index contributed by atoms with van der Waals surface area (Å²) in [7, 11) is 0. The molecule has 6 heteroatoms. The maximum absolute atomic E-state index is 13.9. The third kappa shape index (κ3) is 2.38. The van der Waals surface area contributed by atoms with Gasteiger partial charge in [0.2, 0.25) is 0 Å². The van der Waals surface area contributed by atoms with Crippen LogP contribution < -0.4 is 15.2 Å². The van der Waals surface area contributed by atoms with Crippen LogP contribution in [0.2, 0.25) is 0 Å². The van der Waals surface area contributed by atoms with Crippen molar-refractivity contribution in [1.29, 1.82) is 0 Å². The molecule has 0 aliphatic carbocycles. The van der Waals surface area contributed by atoms with Gasteiger partial charge in [-0.2, -0.15) is 0 Å². The molecule has 0 amide bonds. The number of carbonyl (C=O) groups is 1. The summed E-state index contributed by atoms with van der Waals surface area (Å²) >= 11 is 0. The maximum Gasteiger partial charge on any atom is 0.312 e. The second kappa shape index (κ2) is 5.22. The van der Waals surface area contributed by atoms with Gasteiger partial charge < -0.3 is 20.3 Å². The minimum absolute atomic E-state index is 0.0225. The number of carboxylic acids is 1. The Morgan fingerprint density at radius 1 is 1.39 bits per heavy atom. The highest BCUT2D eigenvalue weighted by atomic mass is 19.1. The third-order valence-electron chi connectivity index (χ3n) is 2.78. The highest BCUT2D eigenvalue weighted by Gasteiger charge is 2.24. The van der Waals surface area contributed by atoms with Gasteiger partial charge in [0, 0.05) is 24.6 Å². The highest BCUT2D eigenvalue weighted by molar-refractivity contribution is 5.77.